The van der Waals surface area contributed by atoms with E-state index in [2.05, 4.69) is 10.0 Å². The number of amides is 1. The zero-order valence-corrected chi connectivity index (χ0v) is 13.5. The van der Waals surface area contributed by atoms with Crippen molar-refractivity contribution in [3.8, 4) is 0 Å². The number of rotatable bonds is 4. The third-order valence-electron chi connectivity index (χ3n) is 3.77. The molecule has 23 heavy (non-hydrogen) atoms. The van der Waals surface area contributed by atoms with Crippen LogP contribution in [0.15, 0.2) is 45.7 Å². The Labute approximate surface area is 134 Å². The van der Waals surface area contributed by atoms with E-state index in [4.69, 9.17) is 4.42 Å². The number of aryl methyl sites for hydroxylation is 1. The SMILES string of the molecule is Cc1ccc(CCNC(=O)C2Cc3ccccc3S(=O)(=O)N2)o1. The lowest BCUT2D eigenvalue weighted by Crippen LogP contribution is -2.50. The van der Waals surface area contributed by atoms with Crippen LogP contribution in [0, 0.1) is 6.92 Å². The second-order valence-corrected chi connectivity index (χ2v) is 7.22. The van der Waals surface area contributed by atoms with Crippen LogP contribution in [0.3, 0.4) is 0 Å². The molecule has 1 unspecified atom stereocenters. The molecule has 6 nitrogen and oxygen atoms in total. The minimum atomic E-state index is -3.64. The van der Waals surface area contributed by atoms with Gasteiger partial charge in [0.25, 0.3) is 0 Å². The summed E-state index contributed by atoms with van der Waals surface area (Å²) in [6.45, 7) is 2.25. The minimum Gasteiger partial charge on any atom is -0.466 e. The van der Waals surface area contributed by atoms with E-state index < -0.39 is 16.1 Å². The van der Waals surface area contributed by atoms with Gasteiger partial charge in [-0.3, -0.25) is 4.79 Å². The molecule has 1 aromatic heterocycles. The molecule has 122 valence electrons. The largest absolute Gasteiger partial charge is 0.466 e. The van der Waals surface area contributed by atoms with E-state index in [-0.39, 0.29) is 10.8 Å². The molecule has 2 aromatic rings. The van der Waals surface area contributed by atoms with Gasteiger partial charge in [-0.05, 0) is 37.1 Å². The fourth-order valence-electron chi connectivity index (χ4n) is 2.64. The van der Waals surface area contributed by atoms with Crippen LogP contribution in [0.25, 0.3) is 0 Å². The lowest BCUT2D eigenvalue weighted by Gasteiger charge is -2.25. The number of nitrogens with one attached hydrogen (secondary N) is 2. The minimum absolute atomic E-state index is 0.245. The molecular formula is C16H18N2O4S. The Balaban J connectivity index is 1.63. The topological polar surface area (TPSA) is 88.4 Å². The highest BCUT2D eigenvalue weighted by Gasteiger charge is 2.32. The van der Waals surface area contributed by atoms with Crippen LogP contribution in [0.5, 0.6) is 0 Å². The molecule has 3 rings (SSSR count). The molecule has 1 aliphatic heterocycles. The van der Waals surface area contributed by atoms with Crippen molar-refractivity contribution in [3.63, 3.8) is 0 Å². The van der Waals surface area contributed by atoms with Crippen molar-refractivity contribution in [1.82, 2.24) is 10.0 Å². The summed E-state index contributed by atoms with van der Waals surface area (Å²) in [7, 11) is -3.64. The van der Waals surface area contributed by atoms with E-state index in [0.29, 0.717) is 24.9 Å². The fraction of sp³-hybridized carbons (Fsp3) is 0.312. The summed E-state index contributed by atoms with van der Waals surface area (Å²) in [5.74, 6) is 1.28. The van der Waals surface area contributed by atoms with E-state index in [9.17, 15) is 13.2 Å². The van der Waals surface area contributed by atoms with E-state index in [1.807, 2.05) is 19.1 Å². The summed E-state index contributed by atoms with van der Waals surface area (Å²) in [6.07, 6.45) is 0.913. The van der Waals surface area contributed by atoms with Crippen molar-refractivity contribution < 1.29 is 17.6 Å². The molecule has 2 heterocycles. The van der Waals surface area contributed by atoms with Crippen LogP contribution in [0.4, 0.5) is 0 Å². The zero-order valence-electron chi connectivity index (χ0n) is 12.7. The Bertz CT molecular complexity index is 826. The monoisotopic (exact) mass is 334 g/mol. The first-order valence-corrected chi connectivity index (χ1v) is 8.87. The van der Waals surface area contributed by atoms with Crippen molar-refractivity contribution in [2.75, 3.05) is 6.54 Å². The van der Waals surface area contributed by atoms with Gasteiger partial charge < -0.3 is 9.73 Å². The number of hydrogen-bond acceptors (Lipinski definition) is 4. The second kappa shape index (κ2) is 6.17. The van der Waals surface area contributed by atoms with Gasteiger partial charge in [0, 0.05) is 13.0 Å². The Morgan fingerprint density at radius 3 is 2.83 bits per heavy atom. The summed E-state index contributed by atoms with van der Waals surface area (Å²) in [6, 6.07) is 9.67. The smallest absolute Gasteiger partial charge is 0.241 e. The van der Waals surface area contributed by atoms with Crippen LogP contribution in [0.2, 0.25) is 0 Å². The van der Waals surface area contributed by atoms with Crippen molar-refractivity contribution >= 4 is 15.9 Å². The van der Waals surface area contributed by atoms with Crippen LogP contribution >= 0.6 is 0 Å². The Hall–Kier alpha value is -2.12. The number of furan rings is 1. The highest BCUT2D eigenvalue weighted by atomic mass is 32.2. The first-order valence-electron chi connectivity index (χ1n) is 7.39. The number of sulfonamides is 1. The molecule has 2 N–H and O–H groups in total. The van der Waals surface area contributed by atoms with Crippen LogP contribution in [-0.4, -0.2) is 26.9 Å². The zero-order chi connectivity index (χ0) is 16.4. The maximum Gasteiger partial charge on any atom is 0.241 e. The van der Waals surface area contributed by atoms with Gasteiger partial charge in [0.15, 0.2) is 0 Å². The summed E-state index contributed by atoms with van der Waals surface area (Å²) >= 11 is 0. The molecule has 0 radical (unpaired) electrons. The molecule has 0 aliphatic carbocycles. The lowest BCUT2D eigenvalue weighted by atomic mass is 10.1. The molecule has 1 atom stereocenters. The van der Waals surface area contributed by atoms with Crippen LogP contribution < -0.4 is 10.0 Å². The molecule has 0 saturated carbocycles. The lowest BCUT2D eigenvalue weighted by molar-refractivity contribution is -0.122. The predicted molar refractivity (Wildman–Crippen MR) is 84.4 cm³/mol. The highest BCUT2D eigenvalue weighted by Crippen LogP contribution is 2.22. The van der Waals surface area contributed by atoms with Crippen molar-refractivity contribution in [2.45, 2.75) is 30.7 Å². The molecule has 0 bridgehead atoms. The van der Waals surface area contributed by atoms with E-state index in [0.717, 1.165) is 11.5 Å². The average Bonchev–Trinajstić information content (AvgIpc) is 2.92. The normalized spacial score (nSPS) is 19.1. The Morgan fingerprint density at radius 2 is 2.09 bits per heavy atom. The van der Waals surface area contributed by atoms with E-state index >= 15 is 0 Å². The highest BCUT2D eigenvalue weighted by molar-refractivity contribution is 7.89. The summed E-state index contributed by atoms with van der Waals surface area (Å²) in [5, 5.41) is 2.75. The maximum atomic E-state index is 12.2. The molecule has 0 spiro atoms. The Morgan fingerprint density at radius 1 is 1.30 bits per heavy atom. The van der Waals surface area contributed by atoms with E-state index in [1.54, 1.807) is 24.3 Å². The third-order valence-corrected chi connectivity index (χ3v) is 5.34. The molecule has 0 fully saturated rings. The van der Waals surface area contributed by atoms with Crippen LogP contribution in [0.1, 0.15) is 17.1 Å². The van der Waals surface area contributed by atoms with Gasteiger partial charge in [-0.1, -0.05) is 18.2 Å². The van der Waals surface area contributed by atoms with Crippen molar-refractivity contribution in [3.05, 3.63) is 53.5 Å². The van der Waals surface area contributed by atoms with Crippen molar-refractivity contribution in [1.29, 1.82) is 0 Å². The maximum absolute atomic E-state index is 12.2. The Kier molecular flexibility index (Phi) is 4.23. The molecule has 1 amide bonds. The summed E-state index contributed by atoms with van der Waals surface area (Å²) < 4.78 is 32.2. The second-order valence-electron chi connectivity index (χ2n) is 5.54. The van der Waals surface area contributed by atoms with Crippen LogP contribution in [-0.2, 0) is 27.7 Å². The van der Waals surface area contributed by atoms with Crippen molar-refractivity contribution in [2.24, 2.45) is 0 Å². The number of carbonyl (C=O) groups is 1. The number of benzene rings is 1. The number of carbonyl (C=O) groups excluding carboxylic acids is 1. The van der Waals surface area contributed by atoms with E-state index in [1.165, 1.54) is 0 Å². The standard InChI is InChI=1S/C16H18N2O4S/c1-11-6-7-13(22-11)8-9-17-16(19)14-10-12-4-2-3-5-15(12)23(20,21)18-14/h2-7,14,18H,8-10H2,1H3,(H,17,19). The number of hydrogen-bond donors (Lipinski definition) is 2. The third kappa shape index (κ3) is 3.46. The summed E-state index contributed by atoms with van der Waals surface area (Å²) in [4.78, 5) is 12.5. The van der Waals surface area contributed by atoms with Gasteiger partial charge in [-0.25, -0.2) is 8.42 Å². The molecular weight excluding hydrogens is 316 g/mol. The molecule has 0 saturated heterocycles. The van der Waals surface area contributed by atoms with Gasteiger partial charge in [-0.2, -0.15) is 4.72 Å². The average molecular weight is 334 g/mol. The van der Waals surface area contributed by atoms with Gasteiger partial charge in [0.05, 0.1) is 4.90 Å². The first-order chi connectivity index (χ1) is 11.0. The quantitative estimate of drug-likeness (QED) is 0.878. The van der Waals surface area contributed by atoms with Gasteiger partial charge in [-0.15, -0.1) is 0 Å². The van der Waals surface area contributed by atoms with Gasteiger partial charge >= 0.3 is 0 Å². The molecule has 1 aromatic carbocycles. The first kappa shape index (κ1) is 15.8. The van der Waals surface area contributed by atoms with Gasteiger partial charge in [0.1, 0.15) is 17.6 Å². The molecule has 7 heteroatoms. The molecule has 1 aliphatic rings. The predicted octanol–water partition coefficient (Wildman–Crippen LogP) is 1.15. The fourth-order valence-corrected chi connectivity index (χ4v) is 4.09. The van der Waals surface area contributed by atoms with Gasteiger partial charge in [0.2, 0.25) is 15.9 Å². The number of fused-ring (bicyclic) bond motifs is 1. The summed E-state index contributed by atoms with van der Waals surface area (Å²) in [5.41, 5.74) is 0.660.